The molecule has 0 atom stereocenters. The van der Waals surface area contributed by atoms with Crippen molar-refractivity contribution in [2.75, 3.05) is 26.8 Å². The molecule has 0 saturated carbocycles. The highest BCUT2D eigenvalue weighted by molar-refractivity contribution is 5.39. The highest BCUT2D eigenvalue weighted by Crippen LogP contribution is 2.26. The van der Waals surface area contributed by atoms with Crippen LogP contribution in [-0.4, -0.2) is 26.8 Å². The van der Waals surface area contributed by atoms with Gasteiger partial charge in [-0.2, -0.15) is 0 Å². The highest BCUT2D eigenvalue weighted by atomic mass is 16.5. The molecule has 0 aliphatic carbocycles. The van der Waals surface area contributed by atoms with Crippen LogP contribution >= 0.6 is 0 Å². The third-order valence-corrected chi connectivity index (χ3v) is 2.75. The molecule has 0 aromatic heterocycles. The molecule has 1 heterocycles. The van der Waals surface area contributed by atoms with Gasteiger partial charge in [0.25, 0.3) is 0 Å². The van der Waals surface area contributed by atoms with E-state index in [-0.39, 0.29) is 35.7 Å². The molecule has 0 spiro atoms. The lowest BCUT2D eigenvalue weighted by molar-refractivity contribution is 0.208. The van der Waals surface area contributed by atoms with Gasteiger partial charge in [0.15, 0.2) is 11.5 Å². The number of nitrogens with one attached hydrogen (secondary N) is 1. The van der Waals surface area contributed by atoms with E-state index in [0.717, 1.165) is 25.9 Å². The molecule has 1 aliphatic rings. The summed E-state index contributed by atoms with van der Waals surface area (Å²) in [5.41, 5.74) is 0. The van der Waals surface area contributed by atoms with Gasteiger partial charge in [0.05, 0.1) is 19.2 Å². The predicted octanol–water partition coefficient (Wildman–Crippen LogP) is 2.07. The molecule has 0 amide bonds. The van der Waals surface area contributed by atoms with Gasteiger partial charge in [-0.05, 0) is 43.9 Å². The molecule has 0 unspecified atom stereocenters. The molecule has 1 saturated heterocycles. The molecular formula is C13H19NO2. The maximum Gasteiger partial charge on any atom is 0.161 e. The Morgan fingerprint density at radius 2 is 2.00 bits per heavy atom. The molecule has 1 aromatic carbocycles. The number of benzene rings is 1. The number of para-hydroxylation sites is 2. The van der Waals surface area contributed by atoms with Crippen LogP contribution in [0.3, 0.4) is 0 Å². The fourth-order valence-electron chi connectivity index (χ4n) is 1.78. The standard InChI is InChI=1S/C13H19NO2/c1-15-12-4-2-3-5-13(12)16-10-11-6-8-14-9-7-11/h2-5,11,14H,6-10H2,1H3/i2D,3D,4D,5D. The van der Waals surface area contributed by atoms with Crippen LogP contribution in [0.25, 0.3) is 0 Å². The van der Waals surface area contributed by atoms with Crippen molar-refractivity contribution in [1.29, 1.82) is 0 Å². The average Bonchev–Trinajstić information content (AvgIpc) is 2.48. The van der Waals surface area contributed by atoms with E-state index in [1.165, 1.54) is 7.11 Å². The normalized spacial score (nSPS) is 20.6. The maximum absolute atomic E-state index is 7.89. The van der Waals surface area contributed by atoms with Crippen LogP contribution in [0.15, 0.2) is 24.2 Å². The zero-order chi connectivity index (χ0) is 14.7. The van der Waals surface area contributed by atoms with Gasteiger partial charge >= 0.3 is 0 Å². The summed E-state index contributed by atoms with van der Waals surface area (Å²) in [5.74, 6) is 0.585. The Hall–Kier alpha value is -1.22. The zero-order valence-electron chi connectivity index (χ0n) is 13.4. The van der Waals surface area contributed by atoms with Gasteiger partial charge in [-0.1, -0.05) is 12.1 Å². The van der Waals surface area contributed by atoms with E-state index in [4.69, 9.17) is 15.0 Å². The summed E-state index contributed by atoms with van der Waals surface area (Å²) in [5, 5.41) is 3.27. The summed E-state index contributed by atoms with van der Waals surface area (Å²) >= 11 is 0. The fraction of sp³-hybridized carbons (Fsp3) is 0.538. The monoisotopic (exact) mass is 225 g/mol. The average molecular weight is 225 g/mol. The minimum absolute atomic E-state index is 0.0740. The topological polar surface area (TPSA) is 30.5 Å². The third kappa shape index (κ3) is 2.89. The van der Waals surface area contributed by atoms with Crippen molar-refractivity contribution in [3.8, 4) is 11.5 Å². The Bertz CT molecular complexity index is 490. The highest BCUT2D eigenvalue weighted by Gasteiger charge is 2.14. The van der Waals surface area contributed by atoms with E-state index >= 15 is 0 Å². The number of hydrogen-bond donors (Lipinski definition) is 1. The van der Waals surface area contributed by atoms with E-state index < -0.39 is 0 Å². The molecule has 1 aliphatic heterocycles. The first-order valence-electron chi connectivity index (χ1n) is 7.54. The molecule has 3 heteroatoms. The molecule has 1 aromatic rings. The lowest BCUT2D eigenvalue weighted by atomic mass is 9.99. The summed E-state index contributed by atoms with van der Waals surface area (Å²) in [7, 11) is 1.38. The number of hydrogen-bond acceptors (Lipinski definition) is 3. The van der Waals surface area contributed by atoms with Crippen LogP contribution in [0, 0.1) is 5.92 Å². The van der Waals surface area contributed by atoms with Crippen LogP contribution in [0.4, 0.5) is 0 Å². The van der Waals surface area contributed by atoms with Crippen LogP contribution in [0.2, 0.25) is 0 Å². The van der Waals surface area contributed by atoms with Gasteiger partial charge < -0.3 is 14.8 Å². The largest absolute Gasteiger partial charge is 0.493 e. The molecule has 3 nitrogen and oxygen atoms in total. The van der Waals surface area contributed by atoms with Gasteiger partial charge in [-0.15, -0.1) is 0 Å². The van der Waals surface area contributed by atoms with Gasteiger partial charge in [-0.25, -0.2) is 0 Å². The quantitative estimate of drug-likeness (QED) is 0.851. The molecule has 1 fully saturated rings. The predicted molar refractivity (Wildman–Crippen MR) is 64.1 cm³/mol. The number of rotatable bonds is 4. The molecule has 16 heavy (non-hydrogen) atoms. The second kappa shape index (κ2) is 5.75. The number of ether oxygens (including phenoxy) is 2. The van der Waals surface area contributed by atoms with Gasteiger partial charge in [0, 0.05) is 0 Å². The SMILES string of the molecule is [2H]c1c([2H])c([2H])c(OCC2CCNCC2)c(OC)c1[2H]. The Kier molecular flexibility index (Phi) is 2.58. The Morgan fingerprint density at radius 3 is 2.69 bits per heavy atom. The molecule has 88 valence electrons. The van der Waals surface area contributed by atoms with E-state index in [1.807, 2.05) is 0 Å². The lowest BCUT2D eigenvalue weighted by Crippen LogP contribution is -2.30. The Balaban J connectivity index is 2.21. The van der Waals surface area contributed by atoms with Crippen molar-refractivity contribution in [2.45, 2.75) is 12.8 Å². The van der Waals surface area contributed by atoms with Crippen LogP contribution < -0.4 is 14.8 Å². The minimum Gasteiger partial charge on any atom is -0.493 e. The maximum atomic E-state index is 7.89. The van der Waals surface area contributed by atoms with E-state index in [9.17, 15) is 0 Å². The van der Waals surface area contributed by atoms with Gasteiger partial charge in [0.1, 0.15) is 0 Å². The van der Waals surface area contributed by atoms with Crippen molar-refractivity contribution in [3.05, 3.63) is 24.2 Å². The van der Waals surface area contributed by atoms with Crippen LogP contribution in [0.1, 0.15) is 18.3 Å². The van der Waals surface area contributed by atoms with Gasteiger partial charge in [-0.3, -0.25) is 0 Å². The molecule has 2 rings (SSSR count). The van der Waals surface area contributed by atoms with E-state index in [2.05, 4.69) is 5.32 Å². The van der Waals surface area contributed by atoms with Crippen LogP contribution in [0.5, 0.6) is 11.5 Å². The van der Waals surface area contributed by atoms with Crippen molar-refractivity contribution >= 4 is 0 Å². The van der Waals surface area contributed by atoms with Crippen molar-refractivity contribution in [1.82, 2.24) is 5.32 Å². The fourth-order valence-corrected chi connectivity index (χ4v) is 1.78. The lowest BCUT2D eigenvalue weighted by Gasteiger charge is -2.23. The summed E-state index contributed by atoms with van der Waals surface area (Å²) < 4.78 is 41.7. The Labute approximate surface area is 102 Å². The minimum atomic E-state index is -0.305. The van der Waals surface area contributed by atoms with Crippen molar-refractivity contribution < 1.29 is 15.0 Å². The first-order valence-corrected chi connectivity index (χ1v) is 5.54. The second-order valence-electron chi connectivity index (χ2n) is 3.87. The zero-order valence-corrected chi connectivity index (χ0v) is 9.43. The molecular weight excluding hydrogens is 202 g/mol. The summed E-state index contributed by atoms with van der Waals surface area (Å²) in [6, 6.07) is -0.984. The molecule has 1 N–H and O–H groups in total. The van der Waals surface area contributed by atoms with Crippen LogP contribution in [-0.2, 0) is 0 Å². The van der Waals surface area contributed by atoms with Crippen molar-refractivity contribution in [3.63, 3.8) is 0 Å². The second-order valence-corrected chi connectivity index (χ2v) is 3.87. The molecule has 0 bridgehead atoms. The first-order chi connectivity index (χ1) is 9.56. The number of methoxy groups -OCH3 is 1. The molecule has 0 radical (unpaired) electrons. The summed E-state index contributed by atoms with van der Waals surface area (Å²) in [6.45, 7) is 2.36. The van der Waals surface area contributed by atoms with E-state index in [1.54, 1.807) is 0 Å². The number of piperidine rings is 1. The summed E-state index contributed by atoms with van der Waals surface area (Å²) in [6.07, 6.45) is 2.02. The van der Waals surface area contributed by atoms with Crippen molar-refractivity contribution in [2.24, 2.45) is 5.92 Å². The summed E-state index contributed by atoms with van der Waals surface area (Å²) in [4.78, 5) is 0. The van der Waals surface area contributed by atoms with Gasteiger partial charge in [0.2, 0.25) is 0 Å². The third-order valence-electron chi connectivity index (χ3n) is 2.75. The first kappa shape index (κ1) is 7.17. The Morgan fingerprint density at radius 1 is 1.31 bits per heavy atom. The van der Waals surface area contributed by atoms with E-state index in [0.29, 0.717) is 12.5 Å². The smallest absolute Gasteiger partial charge is 0.161 e.